The summed E-state index contributed by atoms with van der Waals surface area (Å²) in [6.45, 7) is 0.703. The van der Waals surface area contributed by atoms with Crippen LogP contribution in [0.5, 0.6) is 5.75 Å². The molecule has 2 N–H and O–H groups in total. The maximum Gasteiger partial charge on any atom is 0.160 e. The maximum atomic E-state index is 10.9. The van der Waals surface area contributed by atoms with Crippen molar-refractivity contribution in [2.75, 3.05) is 6.61 Å². The van der Waals surface area contributed by atoms with Gasteiger partial charge in [-0.05, 0) is 41.5 Å². The molecule has 7 heteroatoms. The first kappa shape index (κ1) is 16.4. The quantitative estimate of drug-likeness (QED) is 0.424. The summed E-state index contributed by atoms with van der Waals surface area (Å²) in [5, 5.41) is 20.9. The molecule has 130 valence electrons. The van der Waals surface area contributed by atoms with Crippen molar-refractivity contribution in [3.63, 3.8) is 0 Å². The molecule has 0 atom stereocenters. The second kappa shape index (κ2) is 6.68. The highest BCUT2D eigenvalue weighted by Crippen LogP contribution is 2.26. The number of fused-ring (bicyclic) bond motifs is 1. The van der Waals surface area contributed by atoms with E-state index in [0.29, 0.717) is 23.6 Å². The lowest BCUT2D eigenvalue weighted by atomic mass is 10.1. The summed E-state index contributed by atoms with van der Waals surface area (Å²) in [7, 11) is 0. The first-order chi connectivity index (χ1) is 12.6. The fourth-order valence-electron chi connectivity index (χ4n) is 2.93. The Morgan fingerprint density at radius 2 is 2.15 bits per heavy atom. The van der Waals surface area contributed by atoms with Crippen molar-refractivity contribution in [3.8, 4) is 16.3 Å². The largest absolute Gasteiger partial charge is 0.493 e. The molecule has 1 aliphatic heterocycles. The van der Waals surface area contributed by atoms with Gasteiger partial charge in [0.2, 0.25) is 0 Å². The molecule has 0 saturated carbocycles. The van der Waals surface area contributed by atoms with Crippen LogP contribution in [0.15, 0.2) is 42.5 Å². The number of ether oxygens (including phenoxy) is 1. The Kier molecular flexibility index (Phi) is 4.22. The topological polar surface area (TPSA) is 91.8 Å². The first-order valence-electron chi connectivity index (χ1n) is 8.17. The number of rotatable bonds is 4. The molecule has 4 rings (SSSR count). The van der Waals surface area contributed by atoms with Crippen LogP contribution in [0.4, 0.5) is 0 Å². The highest BCUT2D eigenvalue weighted by Gasteiger charge is 2.14. The van der Waals surface area contributed by atoms with Gasteiger partial charge in [0.15, 0.2) is 6.29 Å². The van der Waals surface area contributed by atoms with Crippen LogP contribution in [0.3, 0.4) is 0 Å². The molecule has 0 amide bonds. The normalized spacial score (nSPS) is 12.5. The van der Waals surface area contributed by atoms with E-state index >= 15 is 0 Å². The van der Waals surface area contributed by atoms with Crippen LogP contribution in [0.2, 0.25) is 0 Å². The maximum absolute atomic E-state index is 10.9. The number of thiophene rings is 1. The van der Waals surface area contributed by atoms with E-state index in [1.807, 2.05) is 18.2 Å². The van der Waals surface area contributed by atoms with E-state index < -0.39 is 0 Å². The van der Waals surface area contributed by atoms with Gasteiger partial charge in [0.25, 0.3) is 0 Å². The van der Waals surface area contributed by atoms with Crippen LogP contribution < -0.4 is 10.2 Å². The number of aldehydes is 1. The highest BCUT2D eigenvalue weighted by molar-refractivity contribution is 7.17. The molecular formula is C19H16N4O2S. The lowest BCUT2D eigenvalue weighted by molar-refractivity contribution is 0.112. The highest BCUT2D eigenvalue weighted by atomic mass is 32.1. The predicted molar refractivity (Wildman–Crippen MR) is 99.3 cm³/mol. The molecule has 0 fully saturated rings. The van der Waals surface area contributed by atoms with Gasteiger partial charge in [-0.3, -0.25) is 15.6 Å². The van der Waals surface area contributed by atoms with Crippen molar-refractivity contribution in [1.29, 1.82) is 10.8 Å². The summed E-state index contributed by atoms with van der Waals surface area (Å²) in [5.74, 6) is 1.14. The zero-order chi connectivity index (χ0) is 18.1. The minimum Gasteiger partial charge on any atom is -0.493 e. The molecule has 0 spiro atoms. The van der Waals surface area contributed by atoms with Gasteiger partial charge in [0.1, 0.15) is 22.8 Å². The minimum atomic E-state index is 0.149. The van der Waals surface area contributed by atoms with E-state index in [1.165, 1.54) is 16.0 Å². The number of benzene rings is 1. The van der Waals surface area contributed by atoms with E-state index in [0.717, 1.165) is 34.5 Å². The summed E-state index contributed by atoms with van der Waals surface area (Å²) in [4.78, 5) is 12.3. The van der Waals surface area contributed by atoms with Gasteiger partial charge in [-0.15, -0.1) is 11.3 Å². The standard InChI is InChI=1S/C19H16N4O2S/c20-18-6-3-15(17-5-2-14(11-24)26-17)22-23(18)19(21)10-12-1-4-16-13(9-12)7-8-25-16/h1-6,9,11,20-21H,7-8,10H2. The second-order valence-electron chi connectivity index (χ2n) is 6.00. The smallest absolute Gasteiger partial charge is 0.160 e. The third-order valence-electron chi connectivity index (χ3n) is 4.21. The Hall–Kier alpha value is -3.06. The van der Waals surface area contributed by atoms with Gasteiger partial charge in [0, 0.05) is 12.8 Å². The second-order valence-corrected chi connectivity index (χ2v) is 7.11. The van der Waals surface area contributed by atoms with E-state index in [2.05, 4.69) is 11.2 Å². The third-order valence-corrected chi connectivity index (χ3v) is 5.24. The number of hydrogen-bond acceptors (Lipinski definition) is 6. The molecule has 6 nitrogen and oxygen atoms in total. The molecule has 0 bridgehead atoms. The van der Waals surface area contributed by atoms with Crippen LogP contribution in [-0.2, 0) is 12.8 Å². The minimum absolute atomic E-state index is 0.149. The Morgan fingerprint density at radius 3 is 2.96 bits per heavy atom. The lowest BCUT2D eigenvalue weighted by Crippen LogP contribution is -2.30. The number of carbonyl (C=O) groups excluding carboxylic acids is 1. The molecule has 0 radical (unpaired) electrons. The Balaban J connectivity index is 1.62. The molecular weight excluding hydrogens is 348 g/mol. The van der Waals surface area contributed by atoms with Crippen LogP contribution in [0.1, 0.15) is 20.8 Å². The average molecular weight is 364 g/mol. The summed E-state index contributed by atoms with van der Waals surface area (Å²) in [5.41, 5.74) is 2.95. The van der Waals surface area contributed by atoms with Crippen LogP contribution >= 0.6 is 11.3 Å². The summed E-state index contributed by atoms with van der Waals surface area (Å²) in [6, 6.07) is 12.9. The number of hydrogen-bond donors (Lipinski definition) is 2. The van der Waals surface area contributed by atoms with Crippen molar-refractivity contribution in [2.45, 2.75) is 12.8 Å². The monoisotopic (exact) mass is 364 g/mol. The summed E-state index contributed by atoms with van der Waals surface area (Å²) >= 11 is 1.34. The molecule has 0 unspecified atom stereocenters. The van der Waals surface area contributed by atoms with Crippen molar-refractivity contribution in [3.05, 3.63) is 64.0 Å². The first-order valence-corrected chi connectivity index (χ1v) is 8.98. The molecule has 3 heterocycles. The number of aromatic nitrogens is 2. The number of nitrogens with one attached hydrogen (secondary N) is 2. The van der Waals surface area contributed by atoms with Crippen molar-refractivity contribution < 1.29 is 9.53 Å². The molecule has 26 heavy (non-hydrogen) atoms. The molecule has 0 aliphatic carbocycles. The predicted octanol–water partition coefficient (Wildman–Crippen LogP) is 2.91. The SMILES string of the molecule is N=C(Cc1ccc2c(c1)CCO2)n1nc(-c2ccc(C=O)s2)ccc1=N. The lowest BCUT2D eigenvalue weighted by Gasteiger charge is -2.10. The van der Waals surface area contributed by atoms with Gasteiger partial charge < -0.3 is 4.74 Å². The number of carbonyl (C=O) groups is 1. The van der Waals surface area contributed by atoms with Gasteiger partial charge in [0.05, 0.1) is 16.4 Å². The van der Waals surface area contributed by atoms with E-state index in [-0.39, 0.29) is 11.3 Å². The molecule has 1 aromatic carbocycles. The number of nitrogens with zero attached hydrogens (tertiary/aromatic N) is 2. The van der Waals surface area contributed by atoms with E-state index in [1.54, 1.807) is 18.2 Å². The molecule has 0 saturated heterocycles. The van der Waals surface area contributed by atoms with Crippen molar-refractivity contribution in [2.24, 2.45) is 0 Å². The fraction of sp³-hybridized carbons (Fsp3) is 0.158. The van der Waals surface area contributed by atoms with Crippen LogP contribution in [-0.4, -0.2) is 28.5 Å². The van der Waals surface area contributed by atoms with Crippen molar-refractivity contribution in [1.82, 2.24) is 9.78 Å². The molecule has 1 aliphatic rings. The van der Waals surface area contributed by atoms with Gasteiger partial charge in [-0.25, -0.2) is 4.68 Å². The van der Waals surface area contributed by atoms with Gasteiger partial charge in [-0.1, -0.05) is 12.1 Å². The van der Waals surface area contributed by atoms with Crippen LogP contribution in [0.25, 0.3) is 10.6 Å². The molecule has 3 aromatic rings. The Morgan fingerprint density at radius 1 is 1.27 bits per heavy atom. The van der Waals surface area contributed by atoms with E-state index in [9.17, 15) is 4.79 Å². The zero-order valence-corrected chi connectivity index (χ0v) is 14.7. The van der Waals surface area contributed by atoms with Crippen molar-refractivity contribution >= 4 is 23.5 Å². The van der Waals surface area contributed by atoms with Gasteiger partial charge in [-0.2, -0.15) is 5.10 Å². The zero-order valence-electron chi connectivity index (χ0n) is 13.9. The Bertz CT molecular complexity index is 1070. The van der Waals surface area contributed by atoms with Gasteiger partial charge >= 0.3 is 0 Å². The third kappa shape index (κ3) is 3.09. The van der Waals surface area contributed by atoms with Crippen LogP contribution in [0, 0.1) is 10.8 Å². The summed E-state index contributed by atoms with van der Waals surface area (Å²) in [6.07, 6.45) is 2.07. The fourth-order valence-corrected chi connectivity index (χ4v) is 3.72. The molecule has 2 aromatic heterocycles. The Labute approximate surface area is 153 Å². The average Bonchev–Trinajstić information content (AvgIpc) is 3.30. The summed E-state index contributed by atoms with van der Waals surface area (Å²) < 4.78 is 6.85. The van der Waals surface area contributed by atoms with E-state index in [4.69, 9.17) is 15.6 Å².